The third-order valence-electron chi connectivity index (χ3n) is 6.57. The van der Waals surface area contributed by atoms with Crippen LogP contribution in [0.1, 0.15) is 41.9 Å². The standard InChI is InChI=1S/C23H32N4O.ClH/c1-17-3-5-18(6-4-17)7-8-19-9-11-27(12-10-19)23(28)22-15-24-14-21(22)20-13-25-26(2)16-20;/h3-6,13,16,19,21-22,24H,7-12,14-15H2,1-2H3;1H/t21-,22+;/m1./s1. The van der Waals surface area contributed by atoms with Crippen molar-refractivity contribution >= 4 is 18.3 Å². The number of hydrogen-bond donors (Lipinski definition) is 1. The maximum absolute atomic E-state index is 13.2. The van der Waals surface area contributed by atoms with Gasteiger partial charge in [-0.05, 0) is 49.7 Å². The van der Waals surface area contributed by atoms with Crippen molar-refractivity contribution in [2.75, 3.05) is 26.2 Å². The topological polar surface area (TPSA) is 50.2 Å². The fourth-order valence-electron chi connectivity index (χ4n) is 4.72. The molecule has 1 aromatic carbocycles. The Morgan fingerprint density at radius 3 is 2.55 bits per heavy atom. The smallest absolute Gasteiger partial charge is 0.227 e. The van der Waals surface area contributed by atoms with Gasteiger partial charge in [0.25, 0.3) is 0 Å². The van der Waals surface area contributed by atoms with Crippen molar-refractivity contribution in [2.24, 2.45) is 18.9 Å². The predicted octanol–water partition coefficient (Wildman–Crippen LogP) is 3.32. The Kier molecular flexibility index (Phi) is 7.36. The summed E-state index contributed by atoms with van der Waals surface area (Å²) >= 11 is 0. The zero-order valence-electron chi connectivity index (χ0n) is 17.5. The van der Waals surface area contributed by atoms with Gasteiger partial charge in [0.05, 0.1) is 12.1 Å². The lowest BCUT2D eigenvalue weighted by Crippen LogP contribution is -2.43. The second-order valence-electron chi connectivity index (χ2n) is 8.61. The molecule has 6 heteroatoms. The SMILES string of the molecule is Cc1ccc(CCC2CCN(C(=O)[C@H]3CNC[C@@H]3c3cnn(C)c3)CC2)cc1.Cl. The Hall–Kier alpha value is -1.85. The fourth-order valence-corrected chi connectivity index (χ4v) is 4.72. The summed E-state index contributed by atoms with van der Waals surface area (Å²) in [6.45, 7) is 5.61. The van der Waals surface area contributed by atoms with Gasteiger partial charge in [-0.25, -0.2) is 0 Å². The van der Waals surface area contributed by atoms with E-state index in [0.29, 0.717) is 5.91 Å². The van der Waals surface area contributed by atoms with E-state index in [1.54, 1.807) is 0 Å². The van der Waals surface area contributed by atoms with E-state index < -0.39 is 0 Å². The molecule has 1 aromatic heterocycles. The predicted molar refractivity (Wildman–Crippen MR) is 118 cm³/mol. The number of nitrogens with one attached hydrogen (secondary N) is 1. The van der Waals surface area contributed by atoms with Crippen LogP contribution >= 0.6 is 12.4 Å². The van der Waals surface area contributed by atoms with E-state index in [1.807, 2.05) is 17.9 Å². The molecule has 0 radical (unpaired) electrons. The number of carbonyl (C=O) groups is 1. The molecule has 4 rings (SSSR count). The normalized spacial score (nSPS) is 22.5. The van der Waals surface area contributed by atoms with Crippen LogP contribution in [0, 0.1) is 18.8 Å². The average molecular weight is 417 g/mol. The highest BCUT2D eigenvalue weighted by Gasteiger charge is 2.37. The summed E-state index contributed by atoms with van der Waals surface area (Å²) in [7, 11) is 1.93. The van der Waals surface area contributed by atoms with E-state index >= 15 is 0 Å². The summed E-state index contributed by atoms with van der Waals surface area (Å²) in [5, 5.41) is 7.71. The molecular weight excluding hydrogens is 384 g/mol. The van der Waals surface area contributed by atoms with Crippen molar-refractivity contribution in [3.8, 4) is 0 Å². The van der Waals surface area contributed by atoms with E-state index in [0.717, 1.165) is 51.4 Å². The molecule has 2 fully saturated rings. The van der Waals surface area contributed by atoms with Crippen LogP contribution in [-0.2, 0) is 18.3 Å². The monoisotopic (exact) mass is 416 g/mol. The van der Waals surface area contributed by atoms with Crippen molar-refractivity contribution in [3.05, 3.63) is 53.3 Å². The first kappa shape index (κ1) is 21.8. The minimum Gasteiger partial charge on any atom is -0.342 e. The lowest BCUT2D eigenvalue weighted by molar-refractivity contribution is -0.136. The van der Waals surface area contributed by atoms with E-state index in [1.165, 1.54) is 23.1 Å². The quantitative estimate of drug-likeness (QED) is 0.813. The van der Waals surface area contributed by atoms with Gasteiger partial charge in [-0.2, -0.15) is 5.10 Å². The molecule has 0 bridgehead atoms. The maximum atomic E-state index is 13.2. The second kappa shape index (κ2) is 9.77. The summed E-state index contributed by atoms with van der Waals surface area (Å²) in [5.41, 5.74) is 3.93. The first-order valence-electron chi connectivity index (χ1n) is 10.6. The minimum atomic E-state index is 0. The van der Waals surface area contributed by atoms with Crippen LogP contribution in [0.2, 0.25) is 0 Å². The van der Waals surface area contributed by atoms with Gasteiger partial charge in [-0.1, -0.05) is 29.8 Å². The fraction of sp³-hybridized carbons (Fsp3) is 0.565. The van der Waals surface area contributed by atoms with Gasteiger partial charge in [0.2, 0.25) is 5.91 Å². The zero-order chi connectivity index (χ0) is 19.5. The molecule has 2 aliphatic heterocycles. The highest BCUT2D eigenvalue weighted by molar-refractivity contribution is 5.85. The number of aryl methyl sites for hydroxylation is 3. The van der Waals surface area contributed by atoms with E-state index in [-0.39, 0.29) is 24.2 Å². The lowest BCUT2D eigenvalue weighted by Gasteiger charge is -2.34. The first-order valence-corrected chi connectivity index (χ1v) is 10.6. The number of amides is 1. The molecule has 0 aliphatic carbocycles. The number of likely N-dealkylation sites (tertiary alicyclic amines) is 1. The summed E-state index contributed by atoms with van der Waals surface area (Å²) in [4.78, 5) is 15.3. The number of rotatable bonds is 5. The van der Waals surface area contributed by atoms with E-state index in [2.05, 4.69) is 52.7 Å². The minimum absolute atomic E-state index is 0. The molecule has 0 unspecified atom stereocenters. The van der Waals surface area contributed by atoms with Crippen molar-refractivity contribution < 1.29 is 4.79 Å². The molecule has 2 aromatic rings. The largest absolute Gasteiger partial charge is 0.342 e. The Morgan fingerprint density at radius 1 is 1.17 bits per heavy atom. The Bertz CT molecular complexity index is 795. The van der Waals surface area contributed by atoms with Crippen molar-refractivity contribution in [1.82, 2.24) is 20.0 Å². The van der Waals surface area contributed by atoms with Crippen LogP contribution in [0.3, 0.4) is 0 Å². The summed E-state index contributed by atoms with van der Waals surface area (Å²) in [6, 6.07) is 8.90. The third kappa shape index (κ3) is 5.20. The Balaban J connectivity index is 0.00000240. The number of aromatic nitrogens is 2. The highest BCUT2D eigenvalue weighted by atomic mass is 35.5. The van der Waals surface area contributed by atoms with Crippen LogP contribution in [0.25, 0.3) is 0 Å². The van der Waals surface area contributed by atoms with Gasteiger partial charge >= 0.3 is 0 Å². The van der Waals surface area contributed by atoms with Crippen LogP contribution in [0.15, 0.2) is 36.7 Å². The molecule has 2 atom stereocenters. The molecule has 2 aliphatic rings. The molecule has 2 saturated heterocycles. The molecule has 5 nitrogen and oxygen atoms in total. The number of piperidine rings is 1. The average Bonchev–Trinajstić information content (AvgIpc) is 3.36. The van der Waals surface area contributed by atoms with Crippen molar-refractivity contribution in [2.45, 2.75) is 38.5 Å². The zero-order valence-corrected chi connectivity index (χ0v) is 18.3. The third-order valence-corrected chi connectivity index (χ3v) is 6.57. The van der Waals surface area contributed by atoms with Gasteiger partial charge in [0.15, 0.2) is 0 Å². The maximum Gasteiger partial charge on any atom is 0.227 e. The summed E-state index contributed by atoms with van der Waals surface area (Å²) in [6.07, 6.45) is 8.61. The molecule has 0 saturated carbocycles. The van der Waals surface area contributed by atoms with Crippen LogP contribution in [-0.4, -0.2) is 46.8 Å². The molecular formula is C23H33ClN4O. The van der Waals surface area contributed by atoms with Crippen LogP contribution in [0.5, 0.6) is 0 Å². The highest BCUT2D eigenvalue weighted by Crippen LogP contribution is 2.31. The number of benzene rings is 1. The van der Waals surface area contributed by atoms with Gasteiger partial charge < -0.3 is 10.2 Å². The molecule has 29 heavy (non-hydrogen) atoms. The number of halogens is 1. The van der Waals surface area contributed by atoms with E-state index in [4.69, 9.17) is 0 Å². The molecule has 1 N–H and O–H groups in total. The number of carbonyl (C=O) groups excluding carboxylic acids is 1. The first-order chi connectivity index (χ1) is 13.6. The molecule has 3 heterocycles. The van der Waals surface area contributed by atoms with Gasteiger partial charge in [0, 0.05) is 45.3 Å². The van der Waals surface area contributed by atoms with Crippen LogP contribution in [0.4, 0.5) is 0 Å². The van der Waals surface area contributed by atoms with Crippen LogP contribution < -0.4 is 5.32 Å². The van der Waals surface area contributed by atoms with E-state index in [9.17, 15) is 4.79 Å². The molecule has 0 spiro atoms. The second-order valence-corrected chi connectivity index (χ2v) is 8.61. The van der Waals surface area contributed by atoms with Gasteiger partial charge in [-0.15, -0.1) is 12.4 Å². The Labute approximate surface area is 180 Å². The van der Waals surface area contributed by atoms with Crippen molar-refractivity contribution in [3.63, 3.8) is 0 Å². The summed E-state index contributed by atoms with van der Waals surface area (Å²) < 4.78 is 1.83. The number of hydrogen-bond acceptors (Lipinski definition) is 3. The van der Waals surface area contributed by atoms with Gasteiger partial charge in [-0.3, -0.25) is 9.48 Å². The molecule has 1 amide bonds. The molecule has 158 valence electrons. The van der Waals surface area contributed by atoms with Crippen molar-refractivity contribution in [1.29, 1.82) is 0 Å². The number of nitrogens with zero attached hydrogens (tertiary/aromatic N) is 3. The summed E-state index contributed by atoms with van der Waals surface area (Å²) in [5.74, 6) is 1.37. The Morgan fingerprint density at radius 2 is 1.90 bits per heavy atom. The van der Waals surface area contributed by atoms with Gasteiger partial charge in [0.1, 0.15) is 0 Å². The lowest BCUT2D eigenvalue weighted by atomic mass is 9.87.